The standard InChI is InChI=1S/C12H16N4O2/c1-7-5-6-8(2)16(7)9-10(13)14(3)12(18)15(4)11(9)17/h5-6H,13H2,1-4H3. The van der Waals surface area contributed by atoms with Crippen LogP contribution < -0.4 is 17.0 Å². The molecule has 6 nitrogen and oxygen atoms in total. The Balaban J connectivity index is 2.98. The second-order valence-corrected chi connectivity index (χ2v) is 4.39. The third kappa shape index (κ3) is 1.49. The van der Waals surface area contributed by atoms with Crippen molar-refractivity contribution in [3.8, 4) is 5.69 Å². The molecule has 0 unspecified atom stereocenters. The number of aromatic nitrogens is 3. The fraction of sp³-hybridized carbons (Fsp3) is 0.333. The summed E-state index contributed by atoms with van der Waals surface area (Å²) in [5, 5.41) is 0. The molecule has 0 saturated carbocycles. The lowest BCUT2D eigenvalue weighted by atomic mass is 10.4. The van der Waals surface area contributed by atoms with Crippen molar-refractivity contribution < 1.29 is 0 Å². The van der Waals surface area contributed by atoms with Crippen molar-refractivity contribution in [1.82, 2.24) is 13.7 Å². The Morgan fingerprint density at radius 1 is 1.00 bits per heavy atom. The second kappa shape index (κ2) is 3.90. The highest BCUT2D eigenvalue weighted by molar-refractivity contribution is 5.53. The predicted octanol–water partition coefficient (Wildman–Crippen LogP) is 0.0737. The molecule has 0 fully saturated rings. The van der Waals surface area contributed by atoms with Crippen molar-refractivity contribution in [3.05, 3.63) is 44.4 Å². The molecule has 0 aliphatic heterocycles. The van der Waals surface area contributed by atoms with E-state index in [2.05, 4.69) is 0 Å². The van der Waals surface area contributed by atoms with Gasteiger partial charge in [-0.1, -0.05) is 0 Å². The zero-order valence-electron chi connectivity index (χ0n) is 10.9. The summed E-state index contributed by atoms with van der Waals surface area (Å²) in [4.78, 5) is 24.0. The molecule has 0 aliphatic carbocycles. The number of nitrogens with zero attached hydrogens (tertiary/aromatic N) is 3. The minimum Gasteiger partial charge on any atom is -0.383 e. The Hall–Kier alpha value is -2.24. The Kier molecular flexibility index (Phi) is 2.65. The van der Waals surface area contributed by atoms with Gasteiger partial charge in [0.2, 0.25) is 0 Å². The number of hydrogen-bond donors (Lipinski definition) is 1. The van der Waals surface area contributed by atoms with Gasteiger partial charge in [0.1, 0.15) is 5.82 Å². The maximum Gasteiger partial charge on any atom is 0.332 e. The van der Waals surface area contributed by atoms with E-state index in [1.54, 1.807) is 11.6 Å². The lowest BCUT2D eigenvalue weighted by Crippen LogP contribution is -2.40. The number of hydrogen-bond acceptors (Lipinski definition) is 3. The van der Waals surface area contributed by atoms with Crippen LogP contribution in [0.2, 0.25) is 0 Å². The molecule has 0 atom stereocenters. The van der Waals surface area contributed by atoms with Crippen molar-refractivity contribution in [2.75, 3.05) is 5.73 Å². The fourth-order valence-electron chi connectivity index (χ4n) is 2.07. The van der Waals surface area contributed by atoms with Gasteiger partial charge in [-0.3, -0.25) is 13.9 Å². The summed E-state index contributed by atoms with van der Waals surface area (Å²) < 4.78 is 4.09. The molecule has 0 amide bonds. The molecule has 2 aromatic rings. The average Bonchev–Trinajstić information content (AvgIpc) is 2.66. The molecule has 0 saturated heterocycles. The molecule has 0 spiro atoms. The molecule has 0 aliphatic rings. The first kappa shape index (κ1) is 12.2. The van der Waals surface area contributed by atoms with E-state index in [0.717, 1.165) is 16.0 Å². The van der Waals surface area contributed by atoms with E-state index in [1.807, 2.05) is 26.0 Å². The zero-order valence-corrected chi connectivity index (χ0v) is 10.9. The number of nitrogen functional groups attached to an aromatic ring is 1. The first-order chi connectivity index (χ1) is 8.36. The summed E-state index contributed by atoms with van der Waals surface area (Å²) in [7, 11) is 3.00. The minimum absolute atomic E-state index is 0.172. The third-order valence-corrected chi connectivity index (χ3v) is 3.18. The van der Waals surface area contributed by atoms with Gasteiger partial charge < -0.3 is 10.3 Å². The molecule has 0 radical (unpaired) electrons. The topological polar surface area (TPSA) is 74.9 Å². The van der Waals surface area contributed by atoms with E-state index < -0.39 is 11.2 Å². The molecule has 18 heavy (non-hydrogen) atoms. The van der Waals surface area contributed by atoms with Crippen LogP contribution in [0.25, 0.3) is 5.69 Å². The van der Waals surface area contributed by atoms with Crippen LogP contribution in [0, 0.1) is 13.8 Å². The van der Waals surface area contributed by atoms with Gasteiger partial charge in [0.25, 0.3) is 5.56 Å². The minimum atomic E-state index is -0.427. The van der Waals surface area contributed by atoms with E-state index in [-0.39, 0.29) is 5.82 Å². The molecule has 2 rings (SSSR count). The highest BCUT2D eigenvalue weighted by Gasteiger charge is 2.17. The maximum absolute atomic E-state index is 12.2. The van der Waals surface area contributed by atoms with E-state index in [4.69, 9.17) is 5.73 Å². The van der Waals surface area contributed by atoms with Gasteiger partial charge in [0.05, 0.1) is 0 Å². The number of rotatable bonds is 1. The largest absolute Gasteiger partial charge is 0.383 e. The third-order valence-electron chi connectivity index (χ3n) is 3.18. The molecule has 6 heteroatoms. The summed E-state index contributed by atoms with van der Waals surface area (Å²) in [6.07, 6.45) is 0. The molecular weight excluding hydrogens is 232 g/mol. The molecule has 2 heterocycles. The van der Waals surface area contributed by atoms with Crippen LogP contribution in [0.4, 0.5) is 5.82 Å². The van der Waals surface area contributed by atoms with Crippen LogP contribution in [0.3, 0.4) is 0 Å². The van der Waals surface area contributed by atoms with Crippen LogP contribution >= 0.6 is 0 Å². The fourth-order valence-corrected chi connectivity index (χ4v) is 2.07. The molecule has 2 N–H and O–H groups in total. The molecule has 2 aromatic heterocycles. The lowest BCUT2D eigenvalue weighted by molar-refractivity contribution is 0.681. The lowest BCUT2D eigenvalue weighted by Gasteiger charge is -2.15. The van der Waals surface area contributed by atoms with Gasteiger partial charge in [-0.15, -0.1) is 0 Å². The summed E-state index contributed by atoms with van der Waals surface area (Å²) in [6, 6.07) is 3.80. The zero-order chi connectivity index (χ0) is 13.6. The van der Waals surface area contributed by atoms with Gasteiger partial charge in [-0.25, -0.2) is 4.79 Å². The summed E-state index contributed by atoms with van der Waals surface area (Å²) >= 11 is 0. The van der Waals surface area contributed by atoms with Crippen LogP contribution in [0.1, 0.15) is 11.4 Å². The first-order valence-corrected chi connectivity index (χ1v) is 5.57. The summed E-state index contributed by atoms with van der Waals surface area (Å²) in [6.45, 7) is 3.77. The van der Waals surface area contributed by atoms with Gasteiger partial charge in [0, 0.05) is 25.5 Å². The van der Waals surface area contributed by atoms with E-state index in [1.165, 1.54) is 11.6 Å². The van der Waals surface area contributed by atoms with Crippen molar-refractivity contribution in [2.24, 2.45) is 14.1 Å². The Bertz CT molecular complexity index is 714. The maximum atomic E-state index is 12.2. The quantitative estimate of drug-likeness (QED) is 0.776. The van der Waals surface area contributed by atoms with Gasteiger partial charge >= 0.3 is 5.69 Å². The van der Waals surface area contributed by atoms with E-state index in [9.17, 15) is 9.59 Å². The summed E-state index contributed by atoms with van der Waals surface area (Å²) in [5.41, 5.74) is 7.21. The number of anilines is 1. The number of nitrogens with two attached hydrogens (primary N) is 1. The van der Waals surface area contributed by atoms with Crippen LogP contribution in [-0.2, 0) is 14.1 Å². The molecular formula is C12H16N4O2. The normalized spacial score (nSPS) is 10.9. The Morgan fingerprint density at radius 2 is 1.50 bits per heavy atom. The van der Waals surface area contributed by atoms with Crippen LogP contribution in [0.5, 0.6) is 0 Å². The van der Waals surface area contributed by atoms with E-state index >= 15 is 0 Å². The molecule has 0 aromatic carbocycles. The predicted molar refractivity (Wildman–Crippen MR) is 70.1 cm³/mol. The van der Waals surface area contributed by atoms with Crippen molar-refractivity contribution >= 4 is 5.82 Å². The second-order valence-electron chi connectivity index (χ2n) is 4.39. The molecule has 96 valence electrons. The smallest absolute Gasteiger partial charge is 0.332 e. The van der Waals surface area contributed by atoms with Gasteiger partial charge in [-0.2, -0.15) is 0 Å². The molecule has 0 bridgehead atoms. The number of aryl methyl sites for hydroxylation is 2. The Labute approximate surface area is 104 Å². The Morgan fingerprint density at radius 3 is 2.00 bits per heavy atom. The first-order valence-electron chi connectivity index (χ1n) is 5.57. The van der Waals surface area contributed by atoms with Gasteiger partial charge in [0.15, 0.2) is 5.69 Å². The average molecular weight is 248 g/mol. The summed E-state index contributed by atoms with van der Waals surface area (Å²) in [5.74, 6) is 0.172. The van der Waals surface area contributed by atoms with Crippen LogP contribution in [-0.4, -0.2) is 13.7 Å². The van der Waals surface area contributed by atoms with Crippen molar-refractivity contribution in [1.29, 1.82) is 0 Å². The highest BCUT2D eigenvalue weighted by atomic mass is 16.2. The van der Waals surface area contributed by atoms with E-state index in [0.29, 0.717) is 5.69 Å². The van der Waals surface area contributed by atoms with Gasteiger partial charge in [-0.05, 0) is 26.0 Å². The van der Waals surface area contributed by atoms with Crippen LogP contribution in [0.15, 0.2) is 21.7 Å². The van der Waals surface area contributed by atoms with Crippen molar-refractivity contribution in [2.45, 2.75) is 13.8 Å². The highest BCUT2D eigenvalue weighted by Crippen LogP contribution is 2.16. The van der Waals surface area contributed by atoms with Crippen molar-refractivity contribution in [3.63, 3.8) is 0 Å². The monoisotopic (exact) mass is 248 g/mol. The SMILES string of the molecule is Cc1ccc(C)n1-c1c(N)n(C)c(=O)n(C)c1=O.